The number of cyclic esters (lactones) is 2. The molecule has 4 aliphatic heterocycles. The molecule has 50 heavy (non-hydrogen) atoms. The van der Waals surface area contributed by atoms with Crippen molar-refractivity contribution in [3.63, 3.8) is 0 Å². The van der Waals surface area contributed by atoms with Gasteiger partial charge in [-0.2, -0.15) is 0 Å². The second kappa shape index (κ2) is 13.9. The van der Waals surface area contributed by atoms with Crippen LogP contribution in [0, 0.1) is 0 Å². The van der Waals surface area contributed by atoms with Crippen LogP contribution in [0.3, 0.4) is 0 Å². The van der Waals surface area contributed by atoms with E-state index in [-0.39, 0.29) is 29.0 Å². The summed E-state index contributed by atoms with van der Waals surface area (Å²) < 4.78 is 22.1. The number of rotatable bonds is 7. The first kappa shape index (κ1) is 35.1. The van der Waals surface area contributed by atoms with Crippen LogP contribution < -0.4 is 11.2 Å². The van der Waals surface area contributed by atoms with E-state index in [1.54, 1.807) is 12.1 Å². The van der Waals surface area contributed by atoms with Gasteiger partial charge < -0.3 is 29.4 Å². The van der Waals surface area contributed by atoms with E-state index in [1.165, 1.54) is 0 Å². The van der Waals surface area contributed by atoms with Gasteiger partial charge in [-0.05, 0) is 87.5 Å². The predicted molar refractivity (Wildman–Crippen MR) is 193 cm³/mol. The van der Waals surface area contributed by atoms with Crippen molar-refractivity contribution >= 4 is 48.0 Å². The topological polar surface area (TPSA) is 130 Å². The molecule has 0 radical (unpaired) electrons. The Kier molecular flexibility index (Phi) is 9.74. The van der Waals surface area contributed by atoms with Crippen molar-refractivity contribution in [3.8, 4) is 11.1 Å². The SMILES string of the molecule is CC1(C)OB(c2ccc3c(c2)COC3=O)OC1(C)C.CCCN(CCC)C(=O)C1=Cc2ccc(-c3ccc4c(c3)COC4=O)cc2N=C(N)C1. The Morgan fingerprint density at radius 3 is 2.00 bits per heavy atom. The highest BCUT2D eigenvalue weighted by atomic mass is 16.7. The van der Waals surface area contributed by atoms with Gasteiger partial charge >= 0.3 is 19.1 Å². The van der Waals surface area contributed by atoms with Crippen molar-refractivity contribution in [2.75, 3.05) is 13.1 Å². The molecule has 2 N–H and O–H groups in total. The van der Waals surface area contributed by atoms with Crippen LogP contribution >= 0.6 is 0 Å². The lowest BCUT2D eigenvalue weighted by molar-refractivity contribution is -0.127. The van der Waals surface area contributed by atoms with Crippen molar-refractivity contribution in [1.29, 1.82) is 0 Å². The summed E-state index contributed by atoms with van der Waals surface area (Å²) in [5.41, 5.74) is 13.7. The smallest absolute Gasteiger partial charge is 0.457 e. The number of carbonyl (C=O) groups is 3. The molecular formula is C39H44BN3O7. The first-order chi connectivity index (χ1) is 23.8. The second-order valence-corrected chi connectivity index (χ2v) is 14.0. The van der Waals surface area contributed by atoms with Gasteiger partial charge in [-0.1, -0.05) is 44.2 Å². The number of hydrogen-bond donors (Lipinski definition) is 1. The van der Waals surface area contributed by atoms with E-state index in [9.17, 15) is 14.4 Å². The van der Waals surface area contributed by atoms with Crippen molar-refractivity contribution in [3.05, 3.63) is 88.0 Å². The first-order valence-electron chi connectivity index (χ1n) is 17.2. The van der Waals surface area contributed by atoms with Gasteiger partial charge in [0.2, 0.25) is 5.91 Å². The molecule has 3 aromatic carbocycles. The molecule has 1 amide bonds. The molecule has 11 heteroatoms. The molecular weight excluding hydrogens is 633 g/mol. The van der Waals surface area contributed by atoms with Gasteiger partial charge in [0, 0.05) is 41.8 Å². The average molecular weight is 678 g/mol. The van der Waals surface area contributed by atoms with Gasteiger partial charge in [-0.3, -0.25) is 4.79 Å². The normalized spacial score (nSPS) is 18.0. The molecule has 3 aromatic rings. The Morgan fingerprint density at radius 1 is 0.820 bits per heavy atom. The van der Waals surface area contributed by atoms with E-state index in [0.717, 1.165) is 64.9 Å². The van der Waals surface area contributed by atoms with Crippen molar-refractivity contribution in [2.24, 2.45) is 10.7 Å². The van der Waals surface area contributed by atoms with Crippen molar-refractivity contribution in [1.82, 2.24) is 4.90 Å². The van der Waals surface area contributed by atoms with Gasteiger partial charge in [-0.15, -0.1) is 0 Å². The maximum Gasteiger partial charge on any atom is 0.494 e. The summed E-state index contributed by atoms with van der Waals surface area (Å²) in [6.45, 7) is 14.3. The summed E-state index contributed by atoms with van der Waals surface area (Å²) >= 11 is 0. The molecule has 0 aliphatic carbocycles. The van der Waals surface area contributed by atoms with E-state index in [0.29, 0.717) is 42.2 Å². The van der Waals surface area contributed by atoms with E-state index < -0.39 is 7.12 Å². The zero-order valence-corrected chi connectivity index (χ0v) is 29.6. The van der Waals surface area contributed by atoms with Gasteiger partial charge in [0.1, 0.15) is 19.0 Å². The van der Waals surface area contributed by atoms with Crippen LogP contribution in [0.2, 0.25) is 0 Å². The molecule has 260 valence electrons. The van der Waals surface area contributed by atoms with Crippen LogP contribution in [0.25, 0.3) is 17.2 Å². The molecule has 0 unspecified atom stereocenters. The molecule has 1 fully saturated rings. The van der Waals surface area contributed by atoms with Crippen LogP contribution in [-0.4, -0.2) is 60.0 Å². The van der Waals surface area contributed by atoms with Crippen molar-refractivity contribution < 1.29 is 33.2 Å². The summed E-state index contributed by atoms with van der Waals surface area (Å²) in [4.78, 5) is 42.7. The Labute approximate surface area is 293 Å². The fraction of sp³-hybridized carbons (Fsp3) is 0.385. The summed E-state index contributed by atoms with van der Waals surface area (Å²) in [6, 6.07) is 17.2. The highest BCUT2D eigenvalue weighted by Crippen LogP contribution is 2.37. The largest absolute Gasteiger partial charge is 0.494 e. The minimum absolute atomic E-state index is 0.0297. The number of hydrogen-bond acceptors (Lipinski definition) is 9. The minimum atomic E-state index is -0.397. The molecule has 0 saturated carbocycles. The molecule has 10 nitrogen and oxygen atoms in total. The standard InChI is InChI=1S/C25H27N3O3.C14H17BO4/c1-3-9-28(10-4-2)24(29)19-12-18-6-5-17(13-22(18)27-23(26)14-19)16-7-8-21-20(11-16)15-31-25(21)30;1-13(2)14(3,4)19-15(18-13)10-5-6-11-9(7-10)8-17-12(11)16/h5-8,11-13H,3-4,9-10,14-15H2,1-2H3,(H2,26,27);5-7H,8H2,1-4H3. The third-order valence-electron chi connectivity index (χ3n) is 9.80. The number of nitrogens with two attached hydrogens (primary N) is 1. The Bertz CT molecular complexity index is 1890. The van der Waals surface area contributed by atoms with Gasteiger partial charge in [0.05, 0.1) is 28.0 Å². The molecule has 7 rings (SSSR count). The zero-order chi connectivity index (χ0) is 35.8. The molecule has 0 spiro atoms. The highest BCUT2D eigenvalue weighted by Gasteiger charge is 2.51. The van der Waals surface area contributed by atoms with Crippen LogP contribution in [0.1, 0.15) is 98.2 Å². The number of benzene rings is 3. The lowest BCUT2D eigenvalue weighted by Crippen LogP contribution is -2.41. The number of ether oxygens (including phenoxy) is 2. The number of carbonyl (C=O) groups excluding carboxylic acids is 3. The molecule has 1 saturated heterocycles. The third kappa shape index (κ3) is 6.97. The summed E-state index contributed by atoms with van der Waals surface area (Å²) in [7, 11) is -0.397. The number of aliphatic imine (C=N–C) groups is 1. The molecule has 0 aromatic heterocycles. The summed E-state index contributed by atoms with van der Waals surface area (Å²) in [5, 5.41) is 0. The van der Waals surface area contributed by atoms with Crippen molar-refractivity contribution in [2.45, 2.75) is 85.2 Å². The zero-order valence-electron chi connectivity index (χ0n) is 29.6. The van der Waals surface area contributed by atoms with Crippen LogP contribution in [0.15, 0.2) is 65.2 Å². The lowest BCUT2D eigenvalue weighted by Gasteiger charge is -2.32. The fourth-order valence-corrected chi connectivity index (χ4v) is 6.36. The highest BCUT2D eigenvalue weighted by molar-refractivity contribution is 6.62. The fourth-order valence-electron chi connectivity index (χ4n) is 6.36. The van der Waals surface area contributed by atoms with Gasteiger partial charge in [0.25, 0.3) is 0 Å². The number of esters is 2. The average Bonchev–Trinajstić information content (AvgIpc) is 3.67. The second-order valence-electron chi connectivity index (χ2n) is 14.0. The Morgan fingerprint density at radius 2 is 1.38 bits per heavy atom. The van der Waals surface area contributed by atoms with E-state index >= 15 is 0 Å². The lowest BCUT2D eigenvalue weighted by atomic mass is 9.78. The quantitative estimate of drug-likeness (QED) is 0.235. The maximum absolute atomic E-state index is 13.1. The van der Waals surface area contributed by atoms with Gasteiger partial charge in [-0.25, -0.2) is 14.6 Å². The summed E-state index contributed by atoms with van der Waals surface area (Å²) in [5.74, 6) is -0.0719. The monoisotopic (exact) mass is 677 g/mol. The van der Waals surface area contributed by atoms with E-state index in [4.69, 9.17) is 24.5 Å². The molecule has 0 bridgehead atoms. The van der Waals surface area contributed by atoms with Crippen LogP contribution in [0.4, 0.5) is 5.69 Å². The van der Waals surface area contributed by atoms with Crippen LogP contribution in [-0.2, 0) is 36.8 Å². The number of amides is 1. The number of nitrogens with zero attached hydrogens (tertiary/aromatic N) is 2. The predicted octanol–water partition coefficient (Wildman–Crippen LogP) is 6.10. The molecule has 4 aliphatic rings. The van der Waals surface area contributed by atoms with E-state index in [1.807, 2.05) is 81.1 Å². The van der Waals surface area contributed by atoms with Crippen LogP contribution in [0.5, 0.6) is 0 Å². The third-order valence-corrected chi connectivity index (χ3v) is 9.80. The Balaban J connectivity index is 0.000000194. The Hall–Kier alpha value is -4.74. The number of amidine groups is 1. The molecule has 4 heterocycles. The minimum Gasteiger partial charge on any atom is -0.457 e. The summed E-state index contributed by atoms with van der Waals surface area (Å²) in [6.07, 6.45) is 4.09. The maximum atomic E-state index is 13.1. The first-order valence-corrected chi connectivity index (χ1v) is 17.2. The number of fused-ring (bicyclic) bond motifs is 3. The van der Waals surface area contributed by atoms with Gasteiger partial charge in [0.15, 0.2) is 0 Å². The molecule has 0 atom stereocenters. The van der Waals surface area contributed by atoms with E-state index in [2.05, 4.69) is 18.8 Å².